The lowest BCUT2D eigenvalue weighted by atomic mass is 10.1. The van der Waals surface area contributed by atoms with Crippen molar-refractivity contribution in [2.75, 3.05) is 12.4 Å². The Kier molecular flexibility index (Phi) is 6.26. The van der Waals surface area contributed by atoms with Crippen molar-refractivity contribution in [1.29, 1.82) is 0 Å². The third-order valence-electron chi connectivity index (χ3n) is 4.02. The lowest BCUT2D eigenvalue weighted by Crippen LogP contribution is -2.24. The number of nitrogens with one attached hydrogen (secondary N) is 2. The highest BCUT2D eigenvalue weighted by atomic mass is 16.5. The highest BCUT2D eigenvalue weighted by Crippen LogP contribution is 2.17. The lowest BCUT2D eigenvalue weighted by Gasteiger charge is -2.10. The molecule has 0 saturated carbocycles. The molecule has 0 aliphatic heterocycles. The number of para-hydroxylation sites is 1. The molecule has 29 heavy (non-hydrogen) atoms. The van der Waals surface area contributed by atoms with Gasteiger partial charge in [-0.2, -0.15) is 0 Å². The van der Waals surface area contributed by atoms with Gasteiger partial charge >= 0.3 is 5.97 Å². The summed E-state index contributed by atoms with van der Waals surface area (Å²) in [5.41, 5.74) is 1.79. The maximum Gasteiger partial charge on any atom is 0.339 e. The topological polar surface area (TPSA) is 110 Å². The van der Waals surface area contributed by atoms with Gasteiger partial charge in [-0.3, -0.25) is 19.6 Å². The predicted octanol–water partition coefficient (Wildman–Crippen LogP) is 2.45. The van der Waals surface area contributed by atoms with E-state index in [4.69, 9.17) is 4.74 Å². The summed E-state index contributed by atoms with van der Waals surface area (Å²) >= 11 is 0. The van der Waals surface area contributed by atoms with Gasteiger partial charge in [0.25, 0.3) is 11.8 Å². The van der Waals surface area contributed by atoms with Crippen LogP contribution >= 0.6 is 0 Å². The number of methoxy groups -OCH3 is 1. The van der Waals surface area contributed by atoms with Crippen LogP contribution in [0.5, 0.6) is 0 Å². The number of esters is 1. The molecular formula is C21H18N4O4. The first-order valence-electron chi connectivity index (χ1n) is 8.69. The summed E-state index contributed by atoms with van der Waals surface area (Å²) in [6, 6.07) is 11.5. The van der Waals surface area contributed by atoms with E-state index < -0.39 is 11.9 Å². The number of ether oxygens (including phenoxy) is 1. The van der Waals surface area contributed by atoms with Crippen LogP contribution in [0, 0.1) is 0 Å². The minimum atomic E-state index is -0.567. The van der Waals surface area contributed by atoms with Gasteiger partial charge in [0.1, 0.15) is 0 Å². The molecule has 0 bridgehead atoms. The summed E-state index contributed by atoms with van der Waals surface area (Å²) < 4.78 is 4.72. The van der Waals surface area contributed by atoms with E-state index in [1.807, 2.05) is 6.07 Å². The zero-order valence-electron chi connectivity index (χ0n) is 15.6. The first-order chi connectivity index (χ1) is 14.1. The molecule has 0 aliphatic carbocycles. The molecule has 8 heteroatoms. The van der Waals surface area contributed by atoms with E-state index in [0.717, 1.165) is 5.56 Å². The molecule has 0 unspecified atom stereocenters. The number of amides is 2. The average Bonchev–Trinajstić information content (AvgIpc) is 2.78. The van der Waals surface area contributed by atoms with Gasteiger partial charge in [-0.1, -0.05) is 18.2 Å². The zero-order chi connectivity index (χ0) is 20.6. The summed E-state index contributed by atoms with van der Waals surface area (Å²) in [4.78, 5) is 44.8. The Morgan fingerprint density at radius 3 is 2.41 bits per heavy atom. The van der Waals surface area contributed by atoms with Gasteiger partial charge in [0.05, 0.1) is 29.5 Å². The largest absolute Gasteiger partial charge is 0.465 e. The Hall–Kier alpha value is -4.07. The highest BCUT2D eigenvalue weighted by Gasteiger charge is 2.16. The van der Waals surface area contributed by atoms with Gasteiger partial charge < -0.3 is 15.4 Å². The molecule has 2 aromatic heterocycles. The Balaban J connectivity index is 1.71. The second-order valence-electron chi connectivity index (χ2n) is 6.00. The van der Waals surface area contributed by atoms with E-state index in [1.54, 1.807) is 42.7 Å². The van der Waals surface area contributed by atoms with E-state index in [1.165, 1.54) is 25.6 Å². The maximum atomic E-state index is 12.6. The highest BCUT2D eigenvalue weighted by molar-refractivity contribution is 6.08. The first kappa shape index (κ1) is 19.7. The van der Waals surface area contributed by atoms with Gasteiger partial charge in [0.2, 0.25) is 0 Å². The van der Waals surface area contributed by atoms with Crippen LogP contribution in [0.1, 0.15) is 36.6 Å². The number of rotatable bonds is 6. The van der Waals surface area contributed by atoms with E-state index >= 15 is 0 Å². The summed E-state index contributed by atoms with van der Waals surface area (Å²) in [6.07, 6.45) is 6.02. The number of carbonyl (C=O) groups excluding carboxylic acids is 3. The summed E-state index contributed by atoms with van der Waals surface area (Å²) in [5.74, 6) is -1.44. The predicted molar refractivity (Wildman–Crippen MR) is 105 cm³/mol. The number of hydrogen-bond acceptors (Lipinski definition) is 6. The zero-order valence-corrected chi connectivity index (χ0v) is 15.6. The molecule has 0 atom stereocenters. The molecule has 0 fully saturated rings. The fourth-order valence-electron chi connectivity index (χ4n) is 2.55. The number of benzene rings is 1. The number of pyridine rings is 2. The smallest absolute Gasteiger partial charge is 0.339 e. The van der Waals surface area contributed by atoms with Crippen LogP contribution in [-0.2, 0) is 11.3 Å². The quantitative estimate of drug-likeness (QED) is 0.626. The lowest BCUT2D eigenvalue weighted by molar-refractivity contribution is 0.0601. The number of anilines is 1. The molecule has 2 amide bonds. The Labute approximate surface area is 167 Å². The molecule has 0 spiro atoms. The normalized spacial score (nSPS) is 10.1. The fourth-order valence-corrected chi connectivity index (χ4v) is 2.55. The van der Waals surface area contributed by atoms with Crippen LogP contribution in [-0.4, -0.2) is 34.9 Å². The molecule has 8 nitrogen and oxygen atoms in total. The standard InChI is InChI=1S/C21H18N4O4/c1-29-21(28)17-6-2-3-7-18(17)25-20(27)16-9-15(12-23-13-16)19(26)24-11-14-5-4-8-22-10-14/h2-10,12-13H,11H2,1H3,(H,24,26)(H,25,27). The van der Waals surface area contributed by atoms with Crippen LogP contribution in [0.15, 0.2) is 67.3 Å². The third kappa shape index (κ3) is 5.01. The van der Waals surface area contributed by atoms with Crippen LogP contribution in [0.4, 0.5) is 5.69 Å². The van der Waals surface area contributed by atoms with Crippen molar-refractivity contribution in [3.63, 3.8) is 0 Å². The number of carbonyl (C=O) groups is 3. The van der Waals surface area contributed by atoms with Crippen molar-refractivity contribution in [2.45, 2.75) is 6.54 Å². The Morgan fingerprint density at radius 1 is 0.931 bits per heavy atom. The van der Waals surface area contributed by atoms with E-state index in [-0.39, 0.29) is 22.6 Å². The molecule has 1 aromatic carbocycles. The molecule has 2 heterocycles. The van der Waals surface area contributed by atoms with Crippen molar-refractivity contribution >= 4 is 23.5 Å². The summed E-state index contributed by atoms with van der Waals surface area (Å²) in [7, 11) is 1.26. The molecule has 146 valence electrons. The van der Waals surface area contributed by atoms with E-state index in [0.29, 0.717) is 12.2 Å². The van der Waals surface area contributed by atoms with Crippen molar-refractivity contribution in [3.05, 3.63) is 89.5 Å². The van der Waals surface area contributed by atoms with Gasteiger partial charge in [-0.25, -0.2) is 4.79 Å². The average molecular weight is 390 g/mol. The summed E-state index contributed by atoms with van der Waals surface area (Å²) in [5, 5.41) is 5.40. The first-order valence-corrected chi connectivity index (χ1v) is 8.69. The van der Waals surface area contributed by atoms with Crippen molar-refractivity contribution in [1.82, 2.24) is 15.3 Å². The van der Waals surface area contributed by atoms with Crippen LogP contribution in [0.2, 0.25) is 0 Å². The Bertz CT molecular complexity index is 1040. The van der Waals surface area contributed by atoms with Crippen LogP contribution < -0.4 is 10.6 Å². The van der Waals surface area contributed by atoms with Gasteiger partial charge in [-0.05, 0) is 29.8 Å². The molecule has 0 aliphatic rings. The number of aromatic nitrogens is 2. The van der Waals surface area contributed by atoms with E-state index in [9.17, 15) is 14.4 Å². The van der Waals surface area contributed by atoms with Crippen molar-refractivity contribution < 1.29 is 19.1 Å². The SMILES string of the molecule is COC(=O)c1ccccc1NC(=O)c1cncc(C(=O)NCc2cccnc2)c1. The van der Waals surface area contributed by atoms with Gasteiger partial charge in [-0.15, -0.1) is 0 Å². The van der Waals surface area contributed by atoms with Crippen LogP contribution in [0.3, 0.4) is 0 Å². The minimum absolute atomic E-state index is 0.179. The molecule has 3 rings (SSSR count). The monoisotopic (exact) mass is 390 g/mol. The molecule has 0 radical (unpaired) electrons. The number of nitrogens with zero attached hydrogens (tertiary/aromatic N) is 2. The molecule has 0 saturated heterocycles. The second-order valence-corrected chi connectivity index (χ2v) is 6.00. The van der Waals surface area contributed by atoms with Gasteiger partial charge in [0, 0.05) is 31.3 Å². The molecular weight excluding hydrogens is 372 g/mol. The van der Waals surface area contributed by atoms with E-state index in [2.05, 4.69) is 20.6 Å². The fraction of sp³-hybridized carbons (Fsp3) is 0.0952. The van der Waals surface area contributed by atoms with Crippen molar-refractivity contribution in [2.24, 2.45) is 0 Å². The minimum Gasteiger partial charge on any atom is -0.465 e. The summed E-state index contributed by atoms with van der Waals surface area (Å²) in [6.45, 7) is 0.301. The molecule has 2 N–H and O–H groups in total. The second kappa shape index (κ2) is 9.23. The van der Waals surface area contributed by atoms with Crippen molar-refractivity contribution in [3.8, 4) is 0 Å². The maximum absolute atomic E-state index is 12.6. The van der Waals surface area contributed by atoms with Gasteiger partial charge in [0.15, 0.2) is 0 Å². The molecule has 3 aromatic rings. The Morgan fingerprint density at radius 2 is 1.69 bits per heavy atom. The van der Waals surface area contributed by atoms with Crippen LogP contribution in [0.25, 0.3) is 0 Å². The number of hydrogen-bond donors (Lipinski definition) is 2. The third-order valence-corrected chi connectivity index (χ3v) is 4.02.